The third kappa shape index (κ3) is 2.02. The fourth-order valence-corrected chi connectivity index (χ4v) is 1.29. The number of anilines is 1. The molecule has 0 spiro atoms. The lowest BCUT2D eigenvalue weighted by Gasteiger charge is -2.01. The number of aromatic nitrogens is 4. The average molecular weight is 220 g/mol. The molecular weight excluding hydrogens is 208 g/mol. The highest BCUT2D eigenvalue weighted by atomic mass is 16.1. The molecule has 84 valence electrons. The molecule has 2 aromatic rings. The number of nitrogens with zero attached hydrogens (tertiary/aromatic N) is 3. The van der Waals surface area contributed by atoms with Crippen LogP contribution < -0.4 is 11.1 Å². The molecular formula is C9H12N6O. The summed E-state index contributed by atoms with van der Waals surface area (Å²) in [5.41, 5.74) is 6.93. The third-order valence-corrected chi connectivity index (χ3v) is 2.09. The summed E-state index contributed by atoms with van der Waals surface area (Å²) < 4.78 is 1.67. The zero-order valence-electron chi connectivity index (χ0n) is 8.77. The maximum atomic E-state index is 11.6. The average Bonchev–Trinajstić information content (AvgIpc) is 2.84. The second kappa shape index (κ2) is 4.05. The fraction of sp³-hybridized carbons (Fsp3) is 0.222. The monoisotopic (exact) mass is 220 g/mol. The van der Waals surface area contributed by atoms with Gasteiger partial charge in [0.1, 0.15) is 5.69 Å². The zero-order chi connectivity index (χ0) is 11.5. The molecule has 16 heavy (non-hydrogen) atoms. The molecule has 0 aromatic carbocycles. The zero-order valence-corrected chi connectivity index (χ0v) is 8.77. The van der Waals surface area contributed by atoms with Crippen LogP contribution in [-0.2, 0) is 13.6 Å². The van der Waals surface area contributed by atoms with Crippen LogP contribution in [0, 0.1) is 0 Å². The van der Waals surface area contributed by atoms with Gasteiger partial charge in [0.25, 0.3) is 5.91 Å². The third-order valence-electron chi connectivity index (χ3n) is 2.09. The van der Waals surface area contributed by atoms with Crippen LogP contribution in [0.2, 0.25) is 0 Å². The Bertz CT molecular complexity index is 500. The molecule has 0 bridgehead atoms. The van der Waals surface area contributed by atoms with E-state index in [2.05, 4.69) is 20.6 Å². The standard InChI is InChI=1S/C9H12N6O/c1-15-3-2-6(14-15)4-11-9(16)8-7(10)5-12-13-8/h2-3,5H,4,10H2,1H3,(H,11,16)(H,12,13). The van der Waals surface area contributed by atoms with Crippen LogP contribution in [0.3, 0.4) is 0 Å². The van der Waals surface area contributed by atoms with Crippen LogP contribution >= 0.6 is 0 Å². The summed E-state index contributed by atoms with van der Waals surface area (Å²) in [6.45, 7) is 0.359. The Morgan fingerprint density at radius 1 is 1.69 bits per heavy atom. The van der Waals surface area contributed by atoms with Gasteiger partial charge in [0.2, 0.25) is 0 Å². The van der Waals surface area contributed by atoms with E-state index in [9.17, 15) is 4.79 Å². The summed E-state index contributed by atoms with van der Waals surface area (Å²) >= 11 is 0. The molecule has 0 saturated carbocycles. The number of hydrogen-bond donors (Lipinski definition) is 3. The summed E-state index contributed by atoms with van der Waals surface area (Å²) in [4.78, 5) is 11.6. The van der Waals surface area contributed by atoms with Crippen molar-refractivity contribution in [2.45, 2.75) is 6.54 Å². The number of carbonyl (C=O) groups excluding carboxylic acids is 1. The Labute approximate surface area is 91.6 Å². The number of aromatic amines is 1. The van der Waals surface area contributed by atoms with Crippen molar-refractivity contribution in [2.24, 2.45) is 7.05 Å². The van der Waals surface area contributed by atoms with E-state index >= 15 is 0 Å². The Hall–Kier alpha value is -2.31. The van der Waals surface area contributed by atoms with Gasteiger partial charge in [0.15, 0.2) is 0 Å². The van der Waals surface area contributed by atoms with E-state index < -0.39 is 0 Å². The Morgan fingerprint density at radius 3 is 3.06 bits per heavy atom. The number of nitrogen functional groups attached to an aromatic ring is 1. The molecule has 0 aliphatic carbocycles. The van der Waals surface area contributed by atoms with Crippen LogP contribution in [0.25, 0.3) is 0 Å². The highest BCUT2D eigenvalue weighted by Crippen LogP contribution is 2.05. The van der Waals surface area contributed by atoms with Crippen molar-refractivity contribution in [1.29, 1.82) is 0 Å². The first-order valence-corrected chi connectivity index (χ1v) is 4.72. The van der Waals surface area contributed by atoms with E-state index in [0.717, 1.165) is 5.69 Å². The molecule has 0 aliphatic rings. The molecule has 0 radical (unpaired) electrons. The predicted molar refractivity (Wildman–Crippen MR) is 57.4 cm³/mol. The number of rotatable bonds is 3. The summed E-state index contributed by atoms with van der Waals surface area (Å²) in [5, 5.41) is 13.0. The van der Waals surface area contributed by atoms with Crippen molar-refractivity contribution in [3.8, 4) is 0 Å². The van der Waals surface area contributed by atoms with Crippen LogP contribution in [0.15, 0.2) is 18.5 Å². The maximum absolute atomic E-state index is 11.6. The molecule has 0 fully saturated rings. The molecule has 2 heterocycles. The van der Waals surface area contributed by atoms with E-state index in [1.54, 1.807) is 4.68 Å². The van der Waals surface area contributed by atoms with Gasteiger partial charge in [-0.3, -0.25) is 14.6 Å². The minimum atomic E-state index is -0.291. The summed E-state index contributed by atoms with van der Waals surface area (Å²) in [7, 11) is 1.82. The number of hydrogen-bond acceptors (Lipinski definition) is 4. The lowest BCUT2D eigenvalue weighted by molar-refractivity contribution is 0.0946. The van der Waals surface area contributed by atoms with Crippen LogP contribution in [0.1, 0.15) is 16.2 Å². The number of H-pyrrole nitrogens is 1. The van der Waals surface area contributed by atoms with E-state index in [1.807, 2.05) is 19.3 Å². The quantitative estimate of drug-likeness (QED) is 0.658. The Kier molecular flexibility index (Phi) is 2.59. The lowest BCUT2D eigenvalue weighted by Crippen LogP contribution is -2.24. The first-order chi connectivity index (χ1) is 7.66. The minimum Gasteiger partial charge on any atom is -0.396 e. The molecule has 0 aliphatic heterocycles. The van der Waals surface area contributed by atoms with Gasteiger partial charge in [-0.25, -0.2) is 0 Å². The highest BCUT2D eigenvalue weighted by molar-refractivity contribution is 5.96. The Morgan fingerprint density at radius 2 is 2.50 bits per heavy atom. The van der Waals surface area contributed by atoms with Gasteiger partial charge in [-0.2, -0.15) is 10.2 Å². The van der Waals surface area contributed by atoms with Gasteiger partial charge in [0.05, 0.1) is 24.1 Å². The first-order valence-electron chi connectivity index (χ1n) is 4.72. The first kappa shape index (κ1) is 10.2. The smallest absolute Gasteiger partial charge is 0.271 e. The summed E-state index contributed by atoms with van der Waals surface area (Å²) in [5.74, 6) is -0.291. The molecule has 1 amide bonds. The number of nitrogens with two attached hydrogens (primary N) is 1. The fourth-order valence-electron chi connectivity index (χ4n) is 1.29. The molecule has 4 N–H and O–H groups in total. The SMILES string of the molecule is Cn1ccc(CNC(=O)c2[nH]ncc2N)n1. The number of amides is 1. The lowest BCUT2D eigenvalue weighted by atomic mass is 10.3. The van der Waals surface area contributed by atoms with Crippen molar-refractivity contribution >= 4 is 11.6 Å². The van der Waals surface area contributed by atoms with Gasteiger partial charge < -0.3 is 11.1 Å². The van der Waals surface area contributed by atoms with Gasteiger partial charge in [0, 0.05) is 13.2 Å². The highest BCUT2D eigenvalue weighted by Gasteiger charge is 2.11. The van der Waals surface area contributed by atoms with Crippen molar-refractivity contribution in [3.05, 3.63) is 29.8 Å². The Balaban J connectivity index is 1.96. The number of carbonyl (C=O) groups is 1. The molecule has 7 nitrogen and oxygen atoms in total. The number of aryl methyl sites for hydroxylation is 1. The largest absolute Gasteiger partial charge is 0.396 e. The van der Waals surface area contributed by atoms with Gasteiger partial charge >= 0.3 is 0 Å². The normalized spacial score (nSPS) is 10.3. The van der Waals surface area contributed by atoms with Crippen LogP contribution in [0.5, 0.6) is 0 Å². The van der Waals surface area contributed by atoms with Crippen molar-refractivity contribution in [1.82, 2.24) is 25.3 Å². The summed E-state index contributed by atoms with van der Waals surface area (Å²) in [6.07, 6.45) is 3.21. The maximum Gasteiger partial charge on any atom is 0.271 e. The van der Waals surface area contributed by atoms with Crippen molar-refractivity contribution < 1.29 is 4.79 Å². The predicted octanol–water partition coefficient (Wildman–Crippen LogP) is -0.345. The molecule has 7 heteroatoms. The van der Waals surface area contributed by atoms with Crippen molar-refractivity contribution in [2.75, 3.05) is 5.73 Å². The molecule has 0 atom stereocenters. The summed E-state index contributed by atoms with van der Waals surface area (Å²) in [6, 6.07) is 1.83. The van der Waals surface area contributed by atoms with E-state index in [0.29, 0.717) is 12.2 Å². The number of nitrogens with one attached hydrogen (secondary N) is 2. The molecule has 2 aromatic heterocycles. The minimum absolute atomic E-state index is 0.274. The molecule has 0 unspecified atom stereocenters. The van der Waals surface area contributed by atoms with E-state index in [-0.39, 0.29) is 11.6 Å². The second-order valence-corrected chi connectivity index (χ2v) is 3.36. The molecule has 2 rings (SSSR count). The molecule has 0 saturated heterocycles. The topological polar surface area (TPSA) is 102 Å². The van der Waals surface area contributed by atoms with Gasteiger partial charge in [-0.1, -0.05) is 0 Å². The van der Waals surface area contributed by atoms with Crippen molar-refractivity contribution in [3.63, 3.8) is 0 Å². The second-order valence-electron chi connectivity index (χ2n) is 3.36. The van der Waals surface area contributed by atoms with E-state index in [4.69, 9.17) is 5.73 Å². The van der Waals surface area contributed by atoms with Gasteiger partial charge in [-0.05, 0) is 6.07 Å². The van der Waals surface area contributed by atoms with Gasteiger partial charge in [-0.15, -0.1) is 0 Å². The van der Waals surface area contributed by atoms with Crippen LogP contribution in [-0.4, -0.2) is 25.9 Å². The van der Waals surface area contributed by atoms with E-state index in [1.165, 1.54) is 6.20 Å². The van der Waals surface area contributed by atoms with Crippen LogP contribution in [0.4, 0.5) is 5.69 Å².